The third kappa shape index (κ3) is 3.97. The number of amides is 2. The summed E-state index contributed by atoms with van der Waals surface area (Å²) in [5.41, 5.74) is 1.86. The van der Waals surface area contributed by atoms with E-state index < -0.39 is 0 Å². The predicted octanol–water partition coefficient (Wildman–Crippen LogP) is 5.23. The molecule has 2 amide bonds. The monoisotopic (exact) mass is 566 g/mol. The van der Waals surface area contributed by atoms with Crippen LogP contribution in [0.1, 0.15) is 82.5 Å². The minimum absolute atomic E-state index is 0.0256. The summed E-state index contributed by atoms with van der Waals surface area (Å²) in [6.07, 6.45) is 14.3. The highest BCUT2D eigenvalue weighted by Crippen LogP contribution is 2.82. The Hall–Kier alpha value is -2.09. The van der Waals surface area contributed by atoms with Gasteiger partial charge in [0.15, 0.2) is 0 Å². The van der Waals surface area contributed by atoms with E-state index in [1.54, 1.807) is 26.9 Å². The van der Waals surface area contributed by atoms with Crippen molar-refractivity contribution in [1.29, 1.82) is 0 Å². The Kier molecular flexibility index (Phi) is 6.57. The molecule has 8 heteroatoms. The fourth-order valence-electron chi connectivity index (χ4n) is 11.8. The Morgan fingerprint density at radius 1 is 1.05 bits per heavy atom. The van der Waals surface area contributed by atoms with Gasteiger partial charge in [0, 0.05) is 51.9 Å². The van der Waals surface area contributed by atoms with Crippen LogP contribution in [0.4, 0.5) is 4.79 Å². The summed E-state index contributed by atoms with van der Waals surface area (Å²) in [7, 11) is 3.78. The molecule has 7 rings (SSSR count). The Balaban J connectivity index is 0.949. The second kappa shape index (κ2) is 9.72. The lowest BCUT2D eigenvalue weighted by atomic mass is 9.45. The minimum atomic E-state index is -0.234. The lowest BCUT2D eigenvalue weighted by Gasteiger charge is -2.61. The quantitative estimate of drug-likeness (QED) is 0.488. The number of aromatic nitrogens is 2. The third-order valence-corrected chi connectivity index (χ3v) is 13.8. The lowest BCUT2D eigenvalue weighted by Crippen LogP contribution is -2.57. The Bertz CT molecular complexity index is 1190. The predicted molar refractivity (Wildman–Crippen MR) is 155 cm³/mol. The van der Waals surface area contributed by atoms with Crippen molar-refractivity contribution < 1.29 is 19.1 Å². The summed E-state index contributed by atoms with van der Waals surface area (Å²) in [4.78, 5) is 29.3. The Morgan fingerprint density at radius 2 is 1.80 bits per heavy atom. The number of piperazine rings is 1. The number of hydrogen-bond donors (Lipinski definition) is 0. The highest BCUT2D eigenvalue weighted by atomic mass is 16.6. The zero-order valence-electron chi connectivity index (χ0n) is 25.8. The Labute approximate surface area is 245 Å². The summed E-state index contributed by atoms with van der Waals surface area (Å²) in [6, 6.07) is 0. The van der Waals surface area contributed by atoms with Crippen molar-refractivity contribution in [3.63, 3.8) is 0 Å². The maximum atomic E-state index is 13.0. The van der Waals surface area contributed by atoms with Crippen molar-refractivity contribution in [3.05, 3.63) is 18.0 Å². The molecule has 6 fully saturated rings. The van der Waals surface area contributed by atoms with Gasteiger partial charge in [0.1, 0.15) is 0 Å². The molecule has 1 aromatic heterocycles. The van der Waals surface area contributed by atoms with Crippen LogP contribution in [0.2, 0.25) is 0 Å². The molecular weight excluding hydrogens is 516 g/mol. The molecule has 2 unspecified atom stereocenters. The summed E-state index contributed by atoms with van der Waals surface area (Å²) < 4.78 is 13.9. The fourth-order valence-corrected chi connectivity index (χ4v) is 11.8. The molecule has 5 aliphatic carbocycles. The number of carbonyl (C=O) groups is 2. The average molecular weight is 567 g/mol. The SMILES string of the molecule is COC1C[C@H]2[C@@H]3CC[C@H]([C@H](C)COC(=O)N4CCN(C(=O)c5cnn(C)c5)CC4)[C@@]3(C)CC[C@@H]2[C@@]2(C)CC[C@@H]3CC132. The van der Waals surface area contributed by atoms with Crippen LogP contribution in [-0.2, 0) is 16.5 Å². The number of methoxy groups -OCH3 is 1. The molecule has 0 N–H and O–H groups in total. The summed E-state index contributed by atoms with van der Waals surface area (Å²) in [5, 5.41) is 4.11. The van der Waals surface area contributed by atoms with Gasteiger partial charge in [0.05, 0.1) is 24.5 Å². The van der Waals surface area contributed by atoms with Gasteiger partial charge in [-0.2, -0.15) is 5.10 Å². The van der Waals surface area contributed by atoms with Gasteiger partial charge in [0.2, 0.25) is 0 Å². The first-order chi connectivity index (χ1) is 19.6. The average Bonchev–Trinajstić information content (AvgIpc) is 3.20. The number of ether oxygens (including phenoxy) is 2. The summed E-state index contributed by atoms with van der Waals surface area (Å²) in [6.45, 7) is 10.1. The van der Waals surface area contributed by atoms with E-state index in [0.717, 1.165) is 23.7 Å². The van der Waals surface area contributed by atoms with Crippen LogP contribution in [-0.4, -0.2) is 77.6 Å². The van der Waals surface area contributed by atoms with E-state index in [2.05, 4.69) is 25.9 Å². The van der Waals surface area contributed by atoms with Crippen molar-refractivity contribution in [3.8, 4) is 0 Å². The maximum absolute atomic E-state index is 13.0. The van der Waals surface area contributed by atoms with Crippen LogP contribution in [0.25, 0.3) is 0 Å². The van der Waals surface area contributed by atoms with Gasteiger partial charge < -0.3 is 19.3 Å². The zero-order valence-corrected chi connectivity index (χ0v) is 25.8. The lowest BCUT2D eigenvalue weighted by molar-refractivity contribution is -0.161. The fraction of sp³-hybridized carbons (Fsp3) is 0.848. The largest absolute Gasteiger partial charge is 0.449 e. The molecule has 1 saturated heterocycles. The van der Waals surface area contributed by atoms with Gasteiger partial charge in [0.25, 0.3) is 5.91 Å². The van der Waals surface area contributed by atoms with Crippen molar-refractivity contribution in [2.24, 2.45) is 58.8 Å². The third-order valence-electron chi connectivity index (χ3n) is 13.8. The highest BCUT2D eigenvalue weighted by molar-refractivity contribution is 5.93. The van der Waals surface area contributed by atoms with Crippen molar-refractivity contribution in [2.75, 3.05) is 39.9 Å². The van der Waals surface area contributed by atoms with E-state index in [1.807, 2.05) is 14.2 Å². The van der Waals surface area contributed by atoms with Crippen LogP contribution in [0.3, 0.4) is 0 Å². The van der Waals surface area contributed by atoms with Crippen LogP contribution in [0.15, 0.2) is 12.4 Å². The number of aryl methyl sites for hydroxylation is 1. The van der Waals surface area contributed by atoms with Gasteiger partial charge in [-0.1, -0.05) is 20.8 Å². The number of carbonyl (C=O) groups excluding carboxylic acids is 2. The van der Waals surface area contributed by atoms with Gasteiger partial charge in [-0.25, -0.2) is 4.79 Å². The van der Waals surface area contributed by atoms with Crippen molar-refractivity contribution in [1.82, 2.24) is 19.6 Å². The van der Waals surface area contributed by atoms with Gasteiger partial charge in [-0.05, 0) is 97.7 Å². The normalized spacial score (nSPS) is 43.5. The van der Waals surface area contributed by atoms with E-state index >= 15 is 0 Å². The van der Waals surface area contributed by atoms with E-state index in [9.17, 15) is 9.59 Å². The van der Waals surface area contributed by atoms with E-state index in [1.165, 1.54) is 51.4 Å². The second-order valence-corrected chi connectivity index (χ2v) is 15.2. The molecule has 2 heterocycles. The van der Waals surface area contributed by atoms with E-state index in [4.69, 9.17) is 9.47 Å². The van der Waals surface area contributed by atoms with E-state index in [0.29, 0.717) is 72.5 Å². The Morgan fingerprint density at radius 3 is 2.49 bits per heavy atom. The van der Waals surface area contributed by atoms with Crippen LogP contribution in [0.5, 0.6) is 0 Å². The minimum Gasteiger partial charge on any atom is -0.449 e. The van der Waals surface area contributed by atoms with Gasteiger partial charge in [-0.15, -0.1) is 0 Å². The standard InChI is InChI=1S/C33H50N4O4/c1-21(20-41-30(39)37-14-12-36(13-15-37)29(38)22-18-34-35(4)19-22)25-6-7-26-24-16-28(40-5)33-17-23(33)8-11-32(33,3)27(24)9-10-31(25,26)2/h18-19,21,23-28H,6-17,20H2,1-5H3/t21-,23-,24+,25-,26+,27+,28?,31-,32-,33?/m1/s1. The van der Waals surface area contributed by atoms with Crippen LogP contribution < -0.4 is 0 Å². The first-order valence-electron chi connectivity index (χ1n) is 16.3. The first kappa shape index (κ1) is 27.7. The molecule has 41 heavy (non-hydrogen) atoms. The number of fused-ring (bicyclic) bond motifs is 4. The number of hydrogen-bond acceptors (Lipinski definition) is 5. The van der Waals surface area contributed by atoms with Crippen LogP contribution >= 0.6 is 0 Å². The van der Waals surface area contributed by atoms with Gasteiger partial charge >= 0.3 is 6.09 Å². The molecule has 0 radical (unpaired) electrons. The smallest absolute Gasteiger partial charge is 0.409 e. The molecule has 226 valence electrons. The second-order valence-electron chi connectivity index (χ2n) is 15.2. The first-order valence-corrected chi connectivity index (χ1v) is 16.3. The molecule has 8 nitrogen and oxygen atoms in total. The van der Waals surface area contributed by atoms with Gasteiger partial charge in [-0.3, -0.25) is 9.48 Å². The summed E-state index contributed by atoms with van der Waals surface area (Å²) in [5.74, 6) is 4.23. The maximum Gasteiger partial charge on any atom is 0.409 e. The molecule has 1 aromatic rings. The van der Waals surface area contributed by atoms with Crippen LogP contribution in [0, 0.1) is 51.8 Å². The number of nitrogens with zero attached hydrogens (tertiary/aromatic N) is 4. The molecule has 10 atom stereocenters. The highest BCUT2D eigenvalue weighted by Gasteiger charge is 2.77. The van der Waals surface area contributed by atoms with E-state index in [-0.39, 0.29) is 12.0 Å². The molecule has 1 aliphatic heterocycles. The molecule has 0 bridgehead atoms. The molecule has 5 saturated carbocycles. The molecule has 0 aromatic carbocycles. The topological polar surface area (TPSA) is 76.9 Å². The zero-order chi connectivity index (χ0) is 28.7. The molecular formula is C33H50N4O4. The molecule has 1 spiro atoms. The summed E-state index contributed by atoms with van der Waals surface area (Å²) >= 11 is 0. The van der Waals surface area contributed by atoms with Crippen molar-refractivity contribution >= 4 is 12.0 Å². The molecule has 6 aliphatic rings. The van der Waals surface area contributed by atoms with Crippen molar-refractivity contribution in [2.45, 2.75) is 78.2 Å². The number of rotatable bonds is 5.